The molecule has 0 aromatic carbocycles. The first-order valence-corrected chi connectivity index (χ1v) is 4.12. The van der Waals surface area contributed by atoms with Crippen molar-refractivity contribution in [3.8, 4) is 0 Å². The molecule has 0 saturated carbocycles. The number of carbonyl (C=O) groups excluding carboxylic acids is 1. The number of aryl methyl sites for hydroxylation is 1. The Morgan fingerprint density at radius 3 is 2.86 bits per heavy atom. The minimum Gasteiger partial charge on any atom is -0.396 e. The van der Waals surface area contributed by atoms with E-state index in [2.05, 4.69) is 4.98 Å². The number of fused-ring (bicyclic) bond motifs is 1. The van der Waals surface area contributed by atoms with E-state index in [1.54, 1.807) is 16.8 Å². The van der Waals surface area contributed by atoms with Gasteiger partial charge in [0.25, 0.3) is 0 Å². The monoisotopic (exact) mass is 190 g/mol. The third kappa shape index (κ3) is 1.19. The van der Waals surface area contributed by atoms with Gasteiger partial charge in [-0.3, -0.25) is 4.79 Å². The topological polar surface area (TPSA) is 86.4 Å². The van der Waals surface area contributed by atoms with Gasteiger partial charge in [0.1, 0.15) is 0 Å². The number of rotatable bonds is 1. The minimum atomic E-state index is -0.495. The molecule has 0 saturated heterocycles. The summed E-state index contributed by atoms with van der Waals surface area (Å²) in [5.74, 6) is -0.495. The highest BCUT2D eigenvalue weighted by atomic mass is 16.1. The summed E-state index contributed by atoms with van der Waals surface area (Å²) in [7, 11) is 0. The summed E-state index contributed by atoms with van der Waals surface area (Å²) in [6, 6.07) is 1.53. The lowest BCUT2D eigenvalue weighted by molar-refractivity contribution is 0.1000. The van der Waals surface area contributed by atoms with Crippen LogP contribution in [0.1, 0.15) is 16.1 Å². The maximum atomic E-state index is 10.9. The van der Waals surface area contributed by atoms with E-state index >= 15 is 0 Å². The molecule has 0 fully saturated rings. The number of nitrogen functional groups attached to an aromatic ring is 1. The number of pyridine rings is 1. The van der Waals surface area contributed by atoms with Crippen LogP contribution in [-0.2, 0) is 0 Å². The predicted octanol–water partition coefficient (Wildman–Crippen LogP) is 0.324. The molecular weight excluding hydrogens is 180 g/mol. The fourth-order valence-electron chi connectivity index (χ4n) is 1.38. The number of hydrogen-bond donors (Lipinski definition) is 2. The highest BCUT2D eigenvalue weighted by Gasteiger charge is 2.07. The zero-order chi connectivity index (χ0) is 10.3. The lowest BCUT2D eigenvalue weighted by Crippen LogP contribution is -2.12. The molecule has 0 unspecified atom stereocenters. The van der Waals surface area contributed by atoms with Crippen LogP contribution < -0.4 is 11.5 Å². The van der Waals surface area contributed by atoms with Gasteiger partial charge in [0.15, 0.2) is 5.65 Å². The number of anilines is 1. The average molecular weight is 190 g/mol. The fraction of sp³-hybridized carbons (Fsp3) is 0.111. The second-order valence-corrected chi connectivity index (χ2v) is 3.16. The normalized spacial score (nSPS) is 10.6. The number of primary amides is 1. The Bertz CT molecular complexity index is 515. The first-order chi connectivity index (χ1) is 6.58. The van der Waals surface area contributed by atoms with Crippen LogP contribution in [0.5, 0.6) is 0 Å². The average Bonchev–Trinajstić information content (AvgIpc) is 2.45. The van der Waals surface area contributed by atoms with E-state index in [9.17, 15) is 4.79 Å². The van der Waals surface area contributed by atoms with Gasteiger partial charge in [-0.25, -0.2) is 4.98 Å². The first kappa shape index (κ1) is 8.55. The Morgan fingerprint density at radius 1 is 1.50 bits per heavy atom. The van der Waals surface area contributed by atoms with Crippen LogP contribution >= 0.6 is 0 Å². The van der Waals surface area contributed by atoms with Crippen molar-refractivity contribution in [3.63, 3.8) is 0 Å². The van der Waals surface area contributed by atoms with E-state index in [-0.39, 0.29) is 0 Å². The number of carbonyl (C=O) groups is 1. The molecule has 0 atom stereocenters. The molecule has 0 aliphatic rings. The SMILES string of the molecule is Cc1cn2cc(C(N)=O)cc(N)c2n1. The van der Waals surface area contributed by atoms with Crippen LogP contribution in [-0.4, -0.2) is 15.3 Å². The Balaban J connectivity index is 2.77. The Hall–Kier alpha value is -2.04. The van der Waals surface area contributed by atoms with Crippen molar-refractivity contribution in [2.24, 2.45) is 5.73 Å². The molecule has 2 aromatic rings. The molecule has 0 aliphatic carbocycles. The lowest BCUT2D eigenvalue weighted by atomic mass is 10.2. The van der Waals surface area contributed by atoms with Crippen LogP contribution in [0.3, 0.4) is 0 Å². The van der Waals surface area contributed by atoms with Crippen molar-refractivity contribution in [1.29, 1.82) is 0 Å². The van der Waals surface area contributed by atoms with E-state index in [1.165, 1.54) is 6.07 Å². The van der Waals surface area contributed by atoms with Crippen LogP contribution in [0.15, 0.2) is 18.5 Å². The molecule has 0 bridgehead atoms. The van der Waals surface area contributed by atoms with Gasteiger partial charge in [-0.2, -0.15) is 0 Å². The summed E-state index contributed by atoms with van der Waals surface area (Å²) in [4.78, 5) is 15.1. The number of hydrogen-bond acceptors (Lipinski definition) is 3. The van der Waals surface area contributed by atoms with Crippen molar-refractivity contribution in [2.75, 3.05) is 5.73 Å². The van der Waals surface area contributed by atoms with E-state index < -0.39 is 5.91 Å². The van der Waals surface area contributed by atoms with Gasteiger partial charge in [0, 0.05) is 12.4 Å². The summed E-state index contributed by atoms with van der Waals surface area (Å²) in [5, 5.41) is 0. The molecule has 0 radical (unpaired) electrons. The molecule has 5 nitrogen and oxygen atoms in total. The zero-order valence-corrected chi connectivity index (χ0v) is 7.69. The molecule has 2 aromatic heterocycles. The van der Waals surface area contributed by atoms with Crippen molar-refractivity contribution in [3.05, 3.63) is 29.7 Å². The number of amides is 1. The van der Waals surface area contributed by atoms with E-state index in [4.69, 9.17) is 11.5 Å². The largest absolute Gasteiger partial charge is 0.396 e. The quantitative estimate of drug-likeness (QED) is 0.679. The van der Waals surface area contributed by atoms with E-state index in [0.717, 1.165) is 5.69 Å². The van der Waals surface area contributed by atoms with Crippen LogP contribution in [0.4, 0.5) is 5.69 Å². The minimum absolute atomic E-state index is 0.382. The predicted molar refractivity (Wildman–Crippen MR) is 52.9 cm³/mol. The second-order valence-electron chi connectivity index (χ2n) is 3.16. The highest BCUT2D eigenvalue weighted by Crippen LogP contribution is 2.15. The molecule has 2 heterocycles. The van der Waals surface area contributed by atoms with E-state index in [1.807, 2.05) is 6.92 Å². The van der Waals surface area contributed by atoms with Crippen molar-refractivity contribution in [2.45, 2.75) is 6.92 Å². The Kier molecular flexibility index (Phi) is 1.67. The summed E-state index contributed by atoms with van der Waals surface area (Å²) in [6.07, 6.45) is 3.41. The molecule has 2 rings (SSSR count). The summed E-state index contributed by atoms with van der Waals surface area (Å²) in [5.41, 5.74) is 13.2. The van der Waals surface area contributed by atoms with E-state index in [0.29, 0.717) is 16.9 Å². The Morgan fingerprint density at radius 2 is 2.21 bits per heavy atom. The third-order valence-electron chi connectivity index (χ3n) is 1.98. The molecule has 14 heavy (non-hydrogen) atoms. The van der Waals surface area contributed by atoms with Crippen LogP contribution in [0, 0.1) is 6.92 Å². The summed E-state index contributed by atoms with van der Waals surface area (Å²) >= 11 is 0. The number of nitrogens with zero attached hydrogens (tertiary/aromatic N) is 2. The molecule has 5 heteroatoms. The van der Waals surface area contributed by atoms with Crippen molar-refractivity contribution in [1.82, 2.24) is 9.38 Å². The third-order valence-corrected chi connectivity index (χ3v) is 1.98. The van der Waals surface area contributed by atoms with Gasteiger partial charge in [-0.15, -0.1) is 0 Å². The van der Waals surface area contributed by atoms with Gasteiger partial charge in [-0.05, 0) is 13.0 Å². The molecule has 72 valence electrons. The van der Waals surface area contributed by atoms with Gasteiger partial charge in [0.05, 0.1) is 16.9 Å². The Labute approximate surface area is 80.3 Å². The highest BCUT2D eigenvalue weighted by molar-refractivity contribution is 5.94. The van der Waals surface area contributed by atoms with Gasteiger partial charge < -0.3 is 15.9 Å². The summed E-state index contributed by atoms with van der Waals surface area (Å²) < 4.78 is 1.70. The van der Waals surface area contributed by atoms with Crippen molar-refractivity contribution >= 4 is 17.2 Å². The smallest absolute Gasteiger partial charge is 0.250 e. The van der Waals surface area contributed by atoms with Gasteiger partial charge in [0.2, 0.25) is 5.91 Å². The first-order valence-electron chi connectivity index (χ1n) is 4.12. The number of nitrogens with two attached hydrogens (primary N) is 2. The fourth-order valence-corrected chi connectivity index (χ4v) is 1.38. The lowest BCUT2D eigenvalue weighted by Gasteiger charge is -2.00. The zero-order valence-electron chi connectivity index (χ0n) is 7.69. The van der Waals surface area contributed by atoms with Gasteiger partial charge >= 0.3 is 0 Å². The number of aromatic nitrogens is 2. The molecule has 1 amide bonds. The van der Waals surface area contributed by atoms with Crippen LogP contribution in [0.2, 0.25) is 0 Å². The standard InChI is InChI=1S/C9H10N4O/c1-5-3-13-4-6(8(11)14)2-7(10)9(13)12-5/h2-4H,10H2,1H3,(H2,11,14). The molecule has 0 aliphatic heterocycles. The second kappa shape index (κ2) is 2.73. The molecule has 0 spiro atoms. The van der Waals surface area contributed by atoms with Gasteiger partial charge in [-0.1, -0.05) is 0 Å². The maximum Gasteiger partial charge on any atom is 0.250 e. The number of imidazole rings is 1. The summed E-state index contributed by atoms with van der Waals surface area (Å²) in [6.45, 7) is 1.86. The maximum absolute atomic E-state index is 10.9. The molecular formula is C9H10N4O. The van der Waals surface area contributed by atoms with Crippen molar-refractivity contribution < 1.29 is 4.79 Å². The van der Waals surface area contributed by atoms with Crippen LogP contribution in [0.25, 0.3) is 5.65 Å². The molecule has 4 N–H and O–H groups in total.